The van der Waals surface area contributed by atoms with Gasteiger partial charge in [0.2, 0.25) is 23.6 Å². The van der Waals surface area contributed by atoms with Gasteiger partial charge in [-0.1, -0.05) is 0 Å². The molecule has 0 aliphatic rings. The zero-order valence-electron chi connectivity index (χ0n) is 14.6. The largest absolute Gasteiger partial charge is 0.480 e. The molecule has 4 amide bonds. The first-order valence-corrected chi connectivity index (χ1v) is 7.61. The summed E-state index contributed by atoms with van der Waals surface area (Å²) >= 11 is 0. The topological polar surface area (TPSA) is 180 Å². The number of carbonyl (C=O) groups excluding carboxylic acids is 4. The lowest BCUT2D eigenvalue weighted by molar-refractivity contribution is -0.141. The Balaban J connectivity index is 4.33. The maximum absolute atomic E-state index is 11.9. The minimum Gasteiger partial charge on any atom is -0.480 e. The van der Waals surface area contributed by atoms with Gasteiger partial charge in [0, 0.05) is 0 Å². The highest BCUT2D eigenvalue weighted by Crippen LogP contribution is 1.89. The molecule has 0 fully saturated rings. The summed E-state index contributed by atoms with van der Waals surface area (Å²) in [6, 6.07) is -3.72. The highest BCUT2D eigenvalue weighted by Gasteiger charge is 2.22. The molecule has 0 spiro atoms. The molecule has 25 heavy (non-hydrogen) atoms. The molecule has 11 nitrogen and oxygen atoms in total. The second-order valence-corrected chi connectivity index (χ2v) is 5.59. The molecule has 7 N–H and O–H groups in total. The normalized spacial score (nSPS) is 15.1. The molecule has 0 bridgehead atoms. The number of hydrogen-bond acceptors (Lipinski definition) is 6. The van der Waals surface area contributed by atoms with Crippen molar-refractivity contribution < 1.29 is 29.1 Å². The molecule has 0 aliphatic carbocycles. The molecule has 0 saturated heterocycles. The third kappa shape index (κ3) is 8.65. The van der Waals surface area contributed by atoms with E-state index >= 15 is 0 Å². The first-order valence-electron chi connectivity index (χ1n) is 7.61. The number of aliphatic carboxylic acids is 1. The van der Waals surface area contributed by atoms with E-state index in [1.54, 1.807) is 0 Å². The van der Waals surface area contributed by atoms with Crippen LogP contribution in [0.15, 0.2) is 0 Å². The summed E-state index contributed by atoms with van der Waals surface area (Å²) in [4.78, 5) is 57.2. The molecule has 0 heterocycles. The summed E-state index contributed by atoms with van der Waals surface area (Å²) in [5, 5.41) is 17.8. The fourth-order valence-corrected chi connectivity index (χ4v) is 1.49. The molecule has 0 radical (unpaired) electrons. The summed E-state index contributed by atoms with van der Waals surface area (Å²) in [5.41, 5.74) is 5.37. The van der Waals surface area contributed by atoms with Crippen LogP contribution in [0.3, 0.4) is 0 Å². The van der Waals surface area contributed by atoms with Gasteiger partial charge in [0.05, 0.1) is 12.6 Å². The van der Waals surface area contributed by atoms with Gasteiger partial charge in [-0.3, -0.25) is 24.0 Å². The van der Waals surface area contributed by atoms with Crippen LogP contribution in [0.1, 0.15) is 27.7 Å². The Morgan fingerprint density at radius 2 is 1.28 bits per heavy atom. The Labute approximate surface area is 145 Å². The lowest BCUT2D eigenvalue weighted by Gasteiger charge is -2.19. The number of carbonyl (C=O) groups is 5. The van der Waals surface area contributed by atoms with Gasteiger partial charge in [0.15, 0.2) is 0 Å². The van der Waals surface area contributed by atoms with Crippen LogP contribution in [0.2, 0.25) is 0 Å². The highest BCUT2D eigenvalue weighted by atomic mass is 16.4. The molecule has 4 atom stereocenters. The third-order valence-electron chi connectivity index (χ3n) is 3.09. The third-order valence-corrected chi connectivity index (χ3v) is 3.09. The van der Waals surface area contributed by atoms with Gasteiger partial charge in [-0.05, 0) is 27.7 Å². The fourth-order valence-electron chi connectivity index (χ4n) is 1.49. The van der Waals surface area contributed by atoms with Crippen LogP contribution in [0, 0.1) is 0 Å². The maximum atomic E-state index is 11.9. The molecule has 0 aromatic carbocycles. The smallest absolute Gasteiger partial charge is 0.325 e. The summed E-state index contributed by atoms with van der Waals surface area (Å²) in [6.45, 7) is 5.13. The van der Waals surface area contributed by atoms with E-state index in [-0.39, 0.29) is 0 Å². The number of carboxylic acid groups (broad SMARTS) is 1. The summed E-state index contributed by atoms with van der Waals surface area (Å²) in [6.07, 6.45) is 0. The molecular weight excluding hydrogens is 334 g/mol. The Bertz CT molecular complexity index is 536. The maximum Gasteiger partial charge on any atom is 0.325 e. The molecule has 0 aromatic rings. The first-order chi connectivity index (χ1) is 11.5. The van der Waals surface area contributed by atoms with E-state index in [9.17, 15) is 24.0 Å². The average molecular weight is 359 g/mol. The predicted molar refractivity (Wildman–Crippen MR) is 87.1 cm³/mol. The Morgan fingerprint density at radius 3 is 1.76 bits per heavy atom. The number of nitrogens with two attached hydrogens (primary N) is 1. The quantitative estimate of drug-likeness (QED) is 0.254. The van der Waals surface area contributed by atoms with Crippen LogP contribution in [0.4, 0.5) is 0 Å². The van der Waals surface area contributed by atoms with Gasteiger partial charge in [0.25, 0.3) is 0 Å². The van der Waals surface area contributed by atoms with Gasteiger partial charge in [-0.15, -0.1) is 0 Å². The van der Waals surface area contributed by atoms with Crippen LogP contribution in [0.25, 0.3) is 0 Å². The zero-order valence-corrected chi connectivity index (χ0v) is 14.6. The summed E-state index contributed by atoms with van der Waals surface area (Å²) < 4.78 is 0. The van der Waals surface area contributed by atoms with E-state index < -0.39 is 60.3 Å². The minimum absolute atomic E-state index is 0.437. The summed E-state index contributed by atoms with van der Waals surface area (Å²) in [5.74, 6) is -3.63. The monoisotopic (exact) mass is 359 g/mol. The number of nitrogens with one attached hydrogen (secondary N) is 4. The van der Waals surface area contributed by atoms with Crippen molar-refractivity contribution >= 4 is 29.6 Å². The molecule has 0 aliphatic heterocycles. The van der Waals surface area contributed by atoms with Crippen molar-refractivity contribution in [2.24, 2.45) is 5.73 Å². The molecule has 0 aromatic heterocycles. The molecule has 142 valence electrons. The van der Waals surface area contributed by atoms with Crippen molar-refractivity contribution in [3.05, 3.63) is 0 Å². The molecule has 0 rings (SSSR count). The van der Waals surface area contributed by atoms with Crippen LogP contribution in [-0.4, -0.2) is 65.4 Å². The highest BCUT2D eigenvalue weighted by molar-refractivity contribution is 5.93. The molecular formula is C14H25N5O6. The van der Waals surface area contributed by atoms with Gasteiger partial charge < -0.3 is 32.1 Å². The van der Waals surface area contributed by atoms with Gasteiger partial charge in [-0.2, -0.15) is 0 Å². The zero-order chi connectivity index (χ0) is 19.7. The van der Waals surface area contributed by atoms with Crippen LogP contribution in [0.5, 0.6) is 0 Å². The molecule has 11 heteroatoms. The lowest BCUT2D eigenvalue weighted by atomic mass is 10.2. The van der Waals surface area contributed by atoms with Crippen molar-refractivity contribution in [2.45, 2.75) is 51.9 Å². The van der Waals surface area contributed by atoms with Gasteiger partial charge >= 0.3 is 5.97 Å². The van der Waals surface area contributed by atoms with E-state index in [0.29, 0.717) is 0 Å². The number of rotatable bonds is 9. The van der Waals surface area contributed by atoms with Crippen molar-refractivity contribution in [2.75, 3.05) is 6.54 Å². The second kappa shape index (κ2) is 10.2. The standard InChI is InChI=1S/C14H25N5O6/c1-6(15)11(21)18-8(3)13(23)19-7(2)12(22)16-5-10(20)17-9(4)14(24)25/h6-9H,5,15H2,1-4H3,(H,16,22)(H,17,20)(H,18,21)(H,19,23)(H,24,25)/t6-,7-,8-,9-/m0/s1. The van der Waals surface area contributed by atoms with E-state index in [2.05, 4.69) is 21.3 Å². The van der Waals surface area contributed by atoms with E-state index in [1.807, 2.05) is 0 Å². The van der Waals surface area contributed by atoms with Crippen molar-refractivity contribution in [3.63, 3.8) is 0 Å². The van der Waals surface area contributed by atoms with E-state index in [4.69, 9.17) is 10.8 Å². The Kier molecular flexibility index (Phi) is 9.13. The lowest BCUT2D eigenvalue weighted by Crippen LogP contribution is -2.54. The van der Waals surface area contributed by atoms with Crippen LogP contribution in [-0.2, 0) is 24.0 Å². The van der Waals surface area contributed by atoms with Crippen molar-refractivity contribution in [3.8, 4) is 0 Å². The fraction of sp³-hybridized carbons (Fsp3) is 0.643. The van der Waals surface area contributed by atoms with Crippen molar-refractivity contribution in [1.82, 2.24) is 21.3 Å². The second-order valence-electron chi connectivity index (χ2n) is 5.59. The number of hydrogen-bond donors (Lipinski definition) is 6. The van der Waals surface area contributed by atoms with Crippen molar-refractivity contribution in [1.29, 1.82) is 0 Å². The van der Waals surface area contributed by atoms with E-state index in [1.165, 1.54) is 27.7 Å². The molecule has 0 unspecified atom stereocenters. The SMILES string of the molecule is C[C@H](N)C(=O)N[C@@H](C)C(=O)N[C@@H](C)C(=O)NCC(=O)N[C@@H](C)C(=O)O. The minimum atomic E-state index is -1.21. The number of carboxylic acids is 1. The van der Waals surface area contributed by atoms with Crippen LogP contribution >= 0.6 is 0 Å². The van der Waals surface area contributed by atoms with Crippen LogP contribution < -0.4 is 27.0 Å². The summed E-state index contributed by atoms with van der Waals surface area (Å²) in [7, 11) is 0. The predicted octanol–water partition coefficient (Wildman–Crippen LogP) is -2.95. The van der Waals surface area contributed by atoms with Gasteiger partial charge in [-0.25, -0.2) is 0 Å². The van der Waals surface area contributed by atoms with Gasteiger partial charge in [0.1, 0.15) is 18.1 Å². The average Bonchev–Trinajstić information content (AvgIpc) is 2.51. The Morgan fingerprint density at radius 1 is 0.800 bits per heavy atom. The van der Waals surface area contributed by atoms with E-state index in [0.717, 1.165) is 0 Å². The first kappa shape index (κ1) is 22.3. The molecule has 0 saturated carbocycles. The Hall–Kier alpha value is -2.69. The number of amides is 4.